The topological polar surface area (TPSA) is 83.8 Å². The fraction of sp³-hybridized carbons (Fsp3) is 0.0667. The molecule has 1 amide bonds. The number of fused-ring (bicyclic) bond motifs is 1. The van der Waals surface area contributed by atoms with Crippen molar-refractivity contribution in [3.63, 3.8) is 0 Å². The van der Waals surface area contributed by atoms with E-state index in [2.05, 4.69) is 31.2 Å². The van der Waals surface area contributed by atoms with Crippen LogP contribution in [0.4, 0.5) is 11.5 Å². The molecule has 0 aliphatic carbocycles. The van der Waals surface area contributed by atoms with Crippen molar-refractivity contribution < 1.29 is 4.79 Å². The molecule has 0 spiro atoms. The maximum atomic E-state index is 12.4. The van der Waals surface area contributed by atoms with E-state index >= 15 is 0 Å². The number of hydrogen-bond donors (Lipinski definition) is 3. The maximum Gasteiger partial charge on any atom is 0.258 e. The summed E-state index contributed by atoms with van der Waals surface area (Å²) in [7, 11) is 0. The molecule has 2 heterocycles. The van der Waals surface area contributed by atoms with Gasteiger partial charge in [-0.1, -0.05) is 0 Å². The molecule has 3 aromatic rings. The van der Waals surface area contributed by atoms with E-state index in [9.17, 15) is 4.79 Å². The number of amides is 1. The Morgan fingerprint density at radius 3 is 2.95 bits per heavy atom. The van der Waals surface area contributed by atoms with Crippen molar-refractivity contribution in [1.29, 1.82) is 0 Å². The summed E-state index contributed by atoms with van der Waals surface area (Å²) >= 11 is 3.35. The van der Waals surface area contributed by atoms with Crippen LogP contribution in [0, 0.1) is 6.92 Å². The van der Waals surface area contributed by atoms with Crippen molar-refractivity contribution in [1.82, 2.24) is 9.97 Å². The largest absolute Gasteiger partial charge is 0.399 e. The van der Waals surface area contributed by atoms with Crippen LogP contribution in [0.15, 0.2) is 41.1 Å². The average Bonchev–Trinajstić information content (AvgIpc) is 2.84. The standard InChI is InChI=1S/C15H13BrN4O/c1-8-4-9(16)6-19-14(8)20-15(21)12-7-18-13-5-10(17)2-3-11(12)13/h2-7,18H,17H2,1H3,(H,19,20,21). The van der Waals surface area contributed by atoms with Gasteiger partial charge in [0.15, 0.2) is 0 Å². The number of H-pyrrole nitrogens is 1. The molecular weight excluding hydrogens is 332 g/mol. The van der Waals surface area contributed by atoms with Crippen LogP contribution in [0.25, 0.3) is 10.9 Å². The highest BCUT2D eigenvalue weighted by Gasteiger charge is 2.13. The molecule has 0 aliphatic heterocycles. The van der Waals surface area contributed by atoms with Crippen LogP contribution in [0.2, 0.25) is 0 Å². The number of nitrogens with one attached hydrogen (secondary N) is 2. The third-order valence-corrected chi connectivity index (χ3v) is 3.66. The van der Waals surface area contributed by atoms with Gasteiger partial charge in [0.1, 0.15) is 5.82 Å². The van der Waals surface area contributed by atoms with Gasteiger partial charge in [-0.2, -0.15) is 0 Å². The normalized spacial score (nSPS) is 10.8. The first-order valence-corrected chi connectivity index (χ1v) is 7.14. The number of anilines is 2. The van der Waals surface area contributed by atoms with Gasteiger partial charge < -0.3 is 16.0 Å². The predicted molar refractivity (Wildman–Crippen MR) is 87.3 cm³/mol. The highest BCUT2D eigenvalue weighted by atomic mass is 79.9. The molecule has 0 radical (unpaired) electrons. The number of nitrogens with zero attached hydrogens (tertiary/aromatic N) is 1. The van der Waals surface area contributed by atoms with Gasteiger partial charge in [0.25, 0.3) is 5.91 Å². The Hall–Kier alpha value is -2.34. The fourth-order valence-corrected chi connectivity index (χ4v) is 2.62. The van der Waals surface area contributed by atoms with Crippen molar-refractivity contribution >= 4 is 44.2 Å². The van der Waals surface area contributed by atoms with Gasteiger partial charge in [0.05, 0.1) is 5.56 Å². The molecule has 6 heteroatoms. The van der Waals surface area contributed by atoms with E-state index in [0.717, 1.165) is 20.9 Å². The van der Waals surface area contributed by atoms with Gasteiger partial charge in [0, 0.05) is 33.5 Å². The summed E-state index contributed by atoms with van der Waals surface area (Å²) in [6, 6.07) is 7.31. The van der Waals surface area contributed by atoms with Crippen molar-refractivity contribution in [2.45, 2.75) is 6.92 Å². The number of carbonyl (C=O) groups excluding carboxylic acids is 1. The number of halogens is 1. The monoisotopic (exact) mass is 344 g/mol. The number of aromatic nitrogens is 2. The van der Waals surface area contributed by atoms with Crippen molar-refractivity contribution in [3.8, 4) is 0 Å². The van der Waals surface area contributed by atoms with Crippen LogP contribution >= 0.6 is 15.9 Å². The summed E-state index contributed by atoms with van der Waals surface area (Å²) in [5.74, 6) is 0.344. The zero-order valence-electron chi connectivity index (χ0n) is 11.3. The molecule has 0 fully saturated rings. The second-order valence-electron chi connectivity index (χ2n) is 4.78. The molecule has 1 aromatic carbocycles. The highest BCUT2D eigenvalue weighted by Crippen LogP contribution is 2.22. The minimum atomic E-state index is -0.205. The first-order valence-electron chi connectivity index (χ1n) is 6.34. The molecule has 5 nitrogen and oxygen atoms in total. The first kappa shape index (κ1) is 13.6. The van der Waals surface area contributed by atoms with Crippen molar-refractivity contribution in [3.05, 3.63) is 52.3 Å². The molecule has 3 rings (SSSR count). The van der Waals surface area contributed by atoms with E-state index in [4.69, 9.17) is 5.73 Å². The van der Waals surface area contributed by atoms with E-state index in [-0.39, 0.29) is 5.91 Å². The second-order valence-corrected chi connectivity index (χ2v) is 5.70. The van der Waals surface area contributed by atoms with Gasteiger partial charge in [-0.3, -0.25) is 4.79 Å². The lowest BCUT2D eigenvalue weighted by atomic mass is 10.1. The molecule has 2 aromatic heterocycles. The molecule has 0 bridgehead atoms. The summed E-state index contributed by atoms with van der Waals surface area (Å²) < 4.78 is 0.876. The Morgan fingerprint density at radius 2 is 2.19 bits per heavy atom. The van der Waals surface area contributed by atoms with Crippen LogP contribution < -0.4 is 11.1 Å². The number of aryl methyl sites for hydroxylation is 1. The second kappa shape index (κ2) is 5.21. The quantitative estimate of drug-likeness (QED) is 0.622. The Bertz CT molecular complexity index is 841. The summed E-state index contributed by atoms with van der Waals surface area (Å²) in [5, 5.41) is 3.65. The zero-order chi connectivity index (χ0) is 15.0. The molecule has 0 unspecified atom stereocenters. The summed E-state index contributed by atoms with van der Waals surface area (Å²) in [5.41, 5.74) is 8.67. The van der Waals surface area contributed by atoms with Crippen LogP contribution in [-0.2, 0) is 0 Å². The Kier molecular flexibility index (Phi) is 3.39. The van der Waals surface area contributed by atoms with Crippen LogP contribution in [0.3, 0.4) is 0 Å². The number of rotatable bonds is 2. The summed E-state index contributed by atoms with van der Waals surface area (Å²) in [4.78, 5) is 19.7. The molecular formula is C15H13BrN4O. The van der Waals surface area contributed by atoms with Gasteiger partial charge in [0.2, 0.25) is 0 Å². The molecule has 0 saturated carbocycles. The number of hydrogen-bond acceptors (Lipinski definition) is 3. The smallest absolute Gasteiger partial charge is 0.258 e. The number of nitrogen functional groups attached to an aromatic ring is 1. The average molecular weight is 345 g/mol. The summed E-state index contributed by atoms with van der Waals surface area (Å²) in [6.45, 7) is 1.89. The number of pyridine rings is 1. The van der Waals surface area contributed by atoms with Crippen LogP contribution in [0.1, 0.15) is 15.9 Å². The lowest BCUT2D eigenvalue weighted by Crippen LogP contribution is -2.13. The minimum absolute atomic E-state index is 0.205. The van der Waals surface area contributed by atoms with Crippen LogP contribution in [0.5, 0.6) is 0 Å². The molecule has 21 heavy (non-hydrogen) atoms. The molecule has 0 atom stereocenters. The lowest BCUT2D eigenvalue weighted by Gasteiger charge is -2.07. The highest BCUT2D eigenvalue weighted by molar-refractivity contribution is 9.10. The Morgan fingerprint density at radius 1 is 1.38 bits per heavy atom. The van der Waals surface area contributed by atoms with Gasteiger partial charge >= 0.3 is 0 Å². The van der Waals surface area contributed by atoms with E-state index in [1.54, 1.807) is 24.5 Å². The number of aromatic amines is 1. The van der Waals surface area contributed by atoms with Crippen molar-refractivity contribution in [2.75, 3.05) is 11.1 Å². The molecule has 0 aliphatic rings. The van der Waals surface area contributed by atoms with Gasteiger partial charge in [-0.15, -0.1) is 0 Å². The molecule has 0 saturated heterocycles. The predicted octanol–water partition coefficient (Wildman–Crippen LogP) is 3.47. The van der Waals surface area contributed by atoms with E-state index in [1.165, 1.54) is 0 Å². The van der Waals surface area contributed by atoms with E-state index in [0.29, 0.717) is 17.1 Å². The third kappa shape index (κ3) is 2.62. The van der Waals surface area contributed by atoms with E-state index < -0.39 is 0 Å². The third-order valence-electron chi connectivity index (χ3n) is 3.23. The van der Waals surface area contributed by atoms with Crippen molar-refractivity contribution in [2.24, 2.45) is 0 Å². The van der Waals surface area contributed by atoms with E-state index in [1.807, 2.05) is 19.1 Å². The molecule has 4 N–H and O–H groups in total. The minimum Gasteiger partial charge on any atom is -0.399 e. The van der Waals surface area contributed by atoms with Gasteiger partial charge in [-0.05, 0) is 52.7 Å². The van der Waals surface area contributed by atoms with Gasteiger partial charge in [-0.25, -0.2) is 4.98 Å². The lowest BCUT2D eigenvalue weighted by molar-refractivity contribution is 0.102. The SMILES string of the molecule is Cc1cc(Br)cnc1NC(=O)c1c[nH]c2cc(N)ccc12. The first-order chi connectivity index (χ1) is 10.0. The van der Waals surface area contributed by atoms with Crippen LogP contribution in [-0.4, -0.2) is 15.9 Å². The summed E-state index contributed by atoms with van der Waals surface area (Å²) in [6.07, 6.45) is 3.33. The number of benzene rings is 1. The zero-order valence-corrected chi connectivity index (χ0v) is 12.9. The Balaban J connectivity index is 1.94. The number of nitrogens with two attached hydrogens (primary N) is 1. The molecule has 106 valence electrons. The number of carbonyl (C=O) groups is 1. The fourth-order valence-electron chi connectivity index (χ4n) is 2.18. The Labute approximate surface area is 129 Å². The maximum absolute atomic E-state index is 12.4.